The Morgan fingerprint density at radius 3 is 2.62 bits per heavy atom. The number of likely N-dealkylation sites (N-methyl/N-ethyl adjacent to an activating group) is 1. The van der Waals surface area contributed by atoms with Gasteiger partial charge in [-0.1, -0.05) is 0 Å². The molecule has 1 aromatic rings. The van der Waals surface area contributed by atoms with E-state index in [1.54, 1.807) is 6.92 Å². The Bertz CT molecular complexity index is 326. The SMILES string of the molecule is Cc1[nH]c(=O)oc1C(N)CN(C)C. The molecule has 1 heterocycles. The molecule has 3 N–H and O–H groups in total. The predicted octanol–water partition coefficient (Wildman–Crippen LogP) is -0.162. The summed E-state index contributed by atoms with van der Waals surface area (Å²) in [4.78, 5) is 15.3. The Morgan fingerprint density at radius 2 is 2.23 bits per heavy atom. The second-order valence-electron chi connectivity index (χ2n) is 3.37. The van der Waals surface area contributed by atoms with Gasteiger partial charge < -0.3 is 15.1 Å². The zero-order chi connectivity index (χ0) is 10.0. The molecule has 1 aromatic heterocycles. The summed E-state index contributed by atoms with van der Waals surface area (Å²) in [7, 11) is 3.83. The number of aromatic amines is 1. The number of aryl methyl sites for hydroxylation is 1. The van der Waals surface area contributed by atoms with Crippen LogP contribution in [0.2, 0.25) is 0 Å². The zero-order valence-corrected chi connectivity index (χ0v) is 8.13. The van der Waals surface area contributed by atoms with E-state index in [2.05, 4.69) is 4.98 Å². The first-order valence-corrected chi connectivity index (χ1v) is 4.10. The van der Waals surface area contributed by atoms with Crippen molar-refractivity contribution in [1.29, 1.82) is 0 Å². The number of nitrogens with zero attached hydrogens (tertiary/aromatic N) is 1. The van der Waals surface area contributed by atoms with Gasteiger partial charge in [0.2, 0.25) is 0 Å². The summed E-state index contributed by atoms with van der Waals surface area (Å²) in [5.41, 5.74) is 6.52. The van der Waals surface area contributed by atoms with Crippen LogP contribution in [-0.2, 0) is 0 Å². The van der Waals surface area contributed by atoms with E-state index in [1.165, 1.54) is 0 Å². The summed E-state index contributed by atoms with van der Waals surface area (Å²) in [6.45, 7) is 2.43. The van der Waals surface area contributed by atoms with Crippen LogP contribution in [-0.4, -0.2) is 30.5 Å². The molecule has 1 atom stereocenters. The third-order valence-electron chi connectivity index (χ3n) is 1.76. The number of oxazole rings is 1. The van der Waals surface area contributed by atoms with Crippen LogP contribution in [0.1, 0.15) is 17.5 Å². The van der Waals surface area contributed by atoms with Crippen molar-refractivity contribution in [1.82, 2.24) is 9.88 Å². The average molecular weight is 185 g/mol. The highest BCUT2D eigenvalue weighted by atomic mass is 16.4. The van der Waals surface area contributed by atoms with E-state index in [9.17, 15) is 4.79 Å². The molecule has 0 radical (unpaired) electrons. The van der Waals surface area contributed by atoms with E-state index in [-0.39, 0.29) is 6.04 Å². The molecule has 1 unspecified atom stereocenters. The van der Waals surface area contributed by atoms with Crippen molar-refractivity contribution >= 4 is 0 Å². The van der Waals surface area contributed by atoms with Crippen LogP contribution in [0.3, 0.4) is 0 Å². The summed E-state index contributed by atoms with van der Waals surface area (Å²) < 4.78 is 4.91. The molecule has 0 saturated heterocycles. The van der Waals surface area contributed by atoms with Crippen molar-refractivity contribution in [3.63, 3.8) is 0 Å². The summed E-state index contributed by atoms with van der Waals surface area (Å²) in [6, 6.07) is -0.256. The van der Waals surface area contributed by atoms with E-state index in [4.69, 9.17) is 10.2 Å². The first kappa shape index (κ1) is 10.0. The highest BCUT2D eigenvalue weighted by Crippen LogP contribution is 2.11. The molecular formula is C8H15N3O2. The molecule has 0 aliphatic carbocycles. The fourth-order valence-electron chi connectivity index (χ4n) is 1.25. The van der Waals surface area contributed by atoms with Gasteiger partial charge in [-0.3, -0.25) is 4.98 Å². The first-order valence-electron chi connectivity index (χ1n) is 4.10. The van der Waals surface area contributed by atoms with E-state index >= 15 is 0 Å². The van der Waals surface area contributed by atoms with Crippen molar-refractivity contribution in [2.45, 2.75) is 13.0 Å². The summed E-state index contributed by atoms with van der Waals surface area (Å²) in [5, 5.41) is 0. The highest BCUT2D eigenvalue weighted by molar-refractivity contribution is 5.09. The quantitative estimate of drug-likeness (QED) is 0.686. The lowest BCUT2D eigenvalue weighted by atomic mass is 10.2. The maximum Gasteiger partial charge on any atom is 0.416 e. The Balaban J connectivity index is 2.82. The predicted molar refractivity (Wildman–Crippen MR) is 49.5 cm³/mol. The summed E-state index contributed by atoms with van der Waals surface area (Å²) in [6.07, 6.45) is 0. The Kier molecular flexibility index (Phi) is 2.90. The van der Waals surface area contributed by atoms with Gasteiger partial charge in [0.1, 0.15) is 5.76 Å². The van der Waals surface area contributed by atoms with E-state index in [0.29, 0.717) is 18.0 Å². The molecule has 74 valence electrons. The average Bonchev–Trinajstić information content (AvgIpc) is 2.28. The maximum atomic E-state index is 10.8. The molecule has 0 fully saturated rings. The minimum Gasteiger partial charge on any atom is -0.411 e. The van der Waals surface area contributed by atoms with Gasteiger partial charge >= 0.3 is 5.76 Å². The minimum atomic E-state index is -0.443. The number of H-pyrrole nitrogens is 1. The topological polar surface area (TPSA) is 75.3 Å². The van der Waals surface area contributed by atoms with Crippen LogP contribution in [0.4, 0.5) is 0 Å². The molecule has 0 aromatic carbocycles. The monoisotopic (exact) mass is 185 g/mol. The largest absolute Gasteiger partial charge is 0.416 e. The molecule has 1 rings (SSSR count). The van der Waals surface area contributed by atoms with E-state index in [1.807, 2.05) is 19.0 Å². The van der Waals surface area contributed by atoms with E-state index in [0.717, 1.165) is 0 Å². The third kappa shape index (κ3) is 2.43. The van der Waals surface area contributed by atoms with Gasteiger partial charge in [0.05, 0.1) is 11.7 Å². The number of aromatic nitrogens is 1. The van der Waals surface area contributed by atoms with Gasteiger partial charge in [-0.2, -0.15) is 0 Å². The van der Waals surface area contributed by atoms with Crippen molar-refractivity contribution in [3.05, 3.63) is 22.0 Å². The number of hydrogen-bond donors (Lipinski definition) is 2. The first-order chi connectivity index (χ1) is 6.00. The fraction of sp³-hybridized carbons (Fsp3) is 0.625. The number of rotatable bonds is 3. The van der Waals surface area contributed by atoms with Gasteiger partial charge in [0.25, 0.3) is 0 Å². The van der Waals surface area contributed by atoms with Gasteiger partial charge in [0, 0.05) is 6.54 Å². The molecule has 5 nitrogen and oxygen atoms in total. The van der Waals surface area contributed by atoms with E-state index < -0.39 is 5.76 Å². The fourth-order valence-corrected chi connectivity index (χ4v) is 1.25. The standard InChI is InChI=1S/C8H15N3O2/c1-5-7(13-8(12)10-5)6(9)4-11(2)3/h6H,4,9H2,1-3H3,(H,10,12). The van der Waals surface area contributed by atoms with Crippen molar-refractivity contribution < 1.29 is 4.42 Å². The highest BCUT2D eigenvalue weighted by Gasteiger charge is 2.14. The molecule has 0 bridgehead atoms. The smallest absolute Gasteiger partial charge is 0.411 e. The van der Waals surface area contributed by atoms with Gasteiger partial charge in [-0.15, -0.1) is 0 Å². The maximum absolute atomic E-state index is 10.8. The molecular weight excluding hydrogens is 170 g/mol. The normalized spacial score (nSPS) is 13.6. The second-order valence-corrected chi connectivity index (χ2v) is 3.37. The lowest BCUT2D eigenvalue weighted by Crippen LogP contribution is -2.26. The van der Waals surface area contributed by atoms with Crippen LogP contribution in [0, 0.1) is 6.92 Å². The number of nitrogens with one attached hydrogen (secondary N) is 1. The van der Waals surface area contributed by atoms with Crippen molar-refractivity contribution in [2.24, 2.45) is 5.73 Å². The number of nitrogens with two attached hydrogens (primary N) is 1. The molecule has 0 saturated carbocycles. The van der Waals surface area contributed by atoms with Crippen LogP contribution in [0.15, 0.2) is 9.21 Å². The molecule has 0 spiro atoms. The van der Waals surface area contributed by atoms with Crippen molar-refractivity contribution in [2.75, 3.05) is 20.6 Å². The second kappa shape index (κ2) is 3.76. The van der Waals surface area contributed by atoms with Gasteiger partial charge in [0.15, 0.2) is 0 Å². The third-order valence-corrected chi connectivity index (χ3v) is 1.76. The summed E-state index contributed by atoms with van der Waals surface area (Å²) >= 11 is 0. The van der Waals surface area contributed by atoms with Crippen LogP contribution < -0.4 is 11.5 Å². The van der Waals surface area contributed by atoms with Crippen LogP contribution in [0.25, 0.3) is 0 Å². The molecule has 0 amide bonds. The van der Waals surface area contributed by atoms with Crippen LogP contribution in [0.5, 0.6) is 0 Å². The molecule has 0 aliphatic rings. The lowest BCUT2D eigenvalue weighted by Gasteiger charge is -2.14. The Labute approximate surface area is 76.5 Å². The van der Waals surface area contributed by atoms with Crippen LogP contribution >= 0.6 is 0 Å². The van der Waals surface area contributed by atoms with Crippen molar-refractivity contribution in [3.8, 4) is 0 Å². The lowest BCUT2D eigenvalue weighted by molar-refractivity contribution is 0.338. The number of hydrogen-bond acceptors (Lipinski definition) is 4. The van der Waals surface area contributed by atoms with Gasteiger partial charge in [-0.25, -0.2) is 4.79 Å². The Hall–Kier alpha value is -1.07. The molecule has 5 heteroatoms. The molecule has 0 aliphatic heterocycles. The van der Waals surface area contributed by atoms with Gasteiger partial charge in [-0.05, 0) is 21.0 Å². The zero-order valence-electron chi connectivity index (χ0n) is 8.13. The minimum absolute atomic E-state index is 0.256. The Morgan fingerprint density at radius 1 is 1.62 bits per heavy atom. The molecule has 13 heavy (non-hydrogen) atoms. The summed E-state index contributed by atoms with van der Waals surface area (Å²) in [5.74, 6) is 0.0976.